The highest BCUT2D eigenvalue weighted by Gasteiger charge is 2.14. The van der Waals surface area contributed by atoms with E-state index in [9.17, 15) is 0 Å². The Bertz CT molecular complexity index is 678. The number of rotatable bonds is 3. The Morgan fingerprint density at radius 2 is 1.23 bits per heavy atom. The first-order valence-electron chi connectivity index (χ1n) is 7.73. The number of hydrogen-bond acceptors (Lipinski definition) is 0. The van der Waals surface area contributed by atoms with Crippen LogP contribution in [0.2, 0.25) is 0 Å². The fourth-order valence-electron chi connectivity index (χ4n) is 2.64. The molecule has 0 heterocycles. The maximum Gasteiger partial charge on any atom is -0.0269 e. The van der Waals surface area contributed by atoms with Crippen molar-refractivity contribution < 1.29 is 0 Å². The molecule has 3 aromatic rings. The Labute approximate surface area is 134 Å². The summed E-state index contributed by atoms with van der Waals surface area (Å²) in [4.78, 5) is 0. The lowest BCUT2D eigenvalue weighted by atomic mass is 9.89. The van der Waals surface area contributed by atoms with Gasteiger partial charge in [-0.2, -0.15) is 17.7 Å². The summed E-state index contributed by atoms with van der Waals surface area (Å²) in [5.74, 6) is 0. The lowest BCUT2D eigenvalue weighted by molar-refractivity contribution is 0.592. The number of benzene rings is 2. The Morgan fingerprint density at radius 3 is 1.64 bits per heavy atom. The predicted molar refractivity (Wildman–Crippen MR) is 99.4 cm³/mol. The molecule has 0 aliphatic heterocycles. The predicted octanol–water partition coefficient (Wildman–Crippen LogP) is 4.46. The average molecular weight is 305 g/mol. The first kappa shape index (κ1) is 15.1. The van der Waals surface area contributed by atoms with Gasteiger partial charge >= 0.3 is 0 Å². The molecule has 0 saturated carbocycles. The molecule has 112 valence electrons. The highest BCUT2D eigenvalue weighted by Crippen LogP contribution is 2.35. The maximum atomic E-state index is 2.39. The summed E-state index contributed by atoms with van der Waals surface area (Å²) in [7, 11) is -0.472. The summed E-state index contributed by atoms with van der Waals surface area (Å²) in [6, 6.07) is 28.7. The summed E-state index contributed by atoms with van der Waals surface area (Å²) in [5.41, 5.74) is 1.62. The van der Waals surface area contributed by atoms with Crippen molar-refractivity contribution in [2.45, 2.75) is 26.2 Å². The van der Waals surface area contributed by atoms with Crippen molar-refractivity contribution in [3.05, 3.63) is 84.4 Å². The van der Waals surface area contributed by atoms with E-state index >= 15 is 0 Å². The molecule has 0 saturated heterocycles. The monoisotopic (exact) mass is 305 g/mol. The van der Waals surface area contributed by atoms with Gasteiger partial charge in [-0.05, 0) is 10.6 Å². The lowest BCUT2D eigenvalue weighted by Gasteiger charge is -2.25. The molecule has 0 fully saturated rings. The highest BCUT2D eigenvalue weighted by molar-refractivity contribution is 7.79. The third-order valence-corrected chi connectivity index (χ3v) is 6.31. The van der Waals surface area contributed by atoms with Crippen LogP contribution in [0.25, 0.3) is 0 Å². The summed E-state index contributed by atoms with van der Waals surface area (Å²) >= 11 is 0. The van der Waals surface area contributed by atoms with Gasteiger partial charge in [-0.1, -0.05) is 94.8 Å². The second-order valence-electron chi connectivity index (χ2n) is 6.61. The van der Waals surface area contributed by atoms with E-state index < -0.39 is 7.92 Å². The average Bonchev–Trinajstić information content (AvgIpc) is 2.99. The molecular weight excluding hydrogens is 283 g/mol. The quantitative estimate of drug-likeness (QED) is 0.495. The fourth-order valence-corrected chi connectivity index (χ4v) is 4.96. The van der Waals surface area contributed by atoms with Gasteiger partial charge in [0.15, 0.2) is 0 Å². The van der Waals surface area contributed by atoms with Gasteiger partial charge in [0.05, 0.1) is 0 Å². The van der Waals surface area contributed by atoms with E-state index in [1.165, 1.54) is 21.5 Å². The zero-order valence-corrected chi connectivity index (χ0v) is 14.3. The fraction of sp³-hybridized carbons (Fsp3) is 0.190. The summed E-state index contributed by atoms with van der Waals surface area (Å²) in [5, 5.41) is 4.27. The largest absolute Gasteiger partial charge is 0.209 e. The van der Waals surface area contributed by atoms with E-state index in [0.29, 0.717) is 0 Å². The minimum atomic E-state index is -0.472. The smallest absolute Gasteiger partial charge is 0.0269 e. The van der Waals surface area contributed by atoms with Crippen molar-refractivity contribution in [3.63, 3.8) is 0 Å². The molecule has 0 nitrogen and oxygen atoms in total. The Morgan fingerprint density at radius 1 is 0.727 bits per heavy atom. The van der Waals surface area contributed by atoms with E-state index in [0.717, 1.165) is 0 Å². The van der Waals surface area contributed by atoms with Gasteiger partial charge in [-0.15, -0.1) is 5.30 Å². The van der Waals surface area contributed by atoms with Crippen LogP contribution < -0.4 is 15.9 Å². The molecule has 22 heavy (non-hydrogen) atoms. The Hall–Kier alpha value is -1.78. The van der Waals surface area contributed by atoms with Crippen LogP contribution in [0, 0.1) is 0 Å². The Kier molecular flexibility index (Phi) is 4.23. The van der Waals surface area contributed by atoms with Crippen LogP contribution in [0.4, 0.5) is 0 Å². The van der Waals surface area contributed by atoms with Crippen molar-refractivity contribution in [3.8, 4) is 0 Å². The lowest BCUT2D eigenvalue weighted by Crippen LogP contribution is -2.19. The van der Waals surface area contributed by atoms with Crippen LogP contribution in [0.5, 0.6) is 0 Å². The Balaban J connectivity index is 2.09. The molecule has 0 aliphatic rings. The number of hydrogen-bond donors (Lipinski definition) is 0. The van der Waals surface area contributed by atoms with Gasteiger partial charge in [0, 0.05) is 0 Å². The van der Waals surface area contributed by atoms with E-state index in [1.807, 2.05) is 0 Å². The molecule has 0 aromatic heterocycles. The van der Waals surface area contributed by atoms with E-state index in [2.05, 4.69) is 99.6 Å². The SMILES string of the molecule is CC(C)(C)c1cc[c-](P(c2ccccc2)c2ccccc2)c1. The topological polar surface area (TPSA) is 0 Å². The molecular formula is C21H22P-. The molecule has 0 N–H and O–H groups in total. The van der Waals surface area contributed by atoms with E-state index in [-0.39, 0.29) is 5.41 Å². The zero-order valence-electron chi connectivity index (χ0n) is 13.5. The molecule has 0 radical (unpaired) electrons. The van der Waals surface area contributed by atoms with Crippen molar-refractivity contribution in [1.29, 1.82) is 0 Å². The maximum absolute atomic E-state index is 2.39. The van der Waals surface area contributed by atoms with Gasteiger partial charge in [0.2, 0.25) is 0 Å². The van der Waals surface area contributed by atoms with Crippen molar-refractivity contribution in [2.24, 2.45) is 0 Å². The van der Waals surface area contributed by atoms with Gasteiger partial charge in [0.25, 0.3) is 0 Å². The molecule has 0 atom stereocenters. The molecule has 1 heteroatoms. The van der Waals surface area contributed by atoms with Crippen molar-refractivity contribution >= 4 is 23.8 Å². The molecule has 0 aliphatic carbocycles. The van der Waals surface area contributed by atoms with Gasteiger partial charge in [-0.3, -0.25) is 0 Å². The molecule has 3 aromatic carbocycles. The van der Waals surface area contributed by atoms with Crippen LogP contribution >= 0.6 is 7.92 Å². The van der Waals surface area contributed by atoms with Crippen LogP contribution in [0.3, 0.4) is 0 Å². The summed E-state index contributed by atoms with van der Waals surface area (Å²) < 4.78 is 0. The standard InChI is InChI=1S/C21H22P/c1-21(2,3)17-14-15-20(16-17)22(18-10-6-4-7-11-18)19-12-8-5-9-13-19/h4-16H,1-3H3/q-1. The van der Waals surface area contributed by atoms with Crippen LogP contribution in [-0.2, 0) is 5.41 Å². The minimum absolute atomic E-state index is 0.201. The first-order valence-corrected chi connectivity index (χ1v) is 9.07. The van der Waals surface area contributed by atoms with Crippen LogP contribution in [-0.4, -0.2) is 0 Å². The van der Waals surface area contributed by atoms with Gasteiger partial charge < -0.3 is 0 Å². The van der Waals surface area contributed by atoms with Crippen LogP contribution in [0.1, 0.15) is 26.3 Å². The highest BCUT2D eigenvalue weighted by atomic mass is 31.1. The van der Waals surface area contributed by atoms with E-state index in [1.54, 1.807) is 0 Å². The molecule has 0 amide bonds. The second-order valence-corrected chi connectivity index (χ2v) is 8.83. The summed E-state index contributed by atoms with van der Waals surface area (Å²) in [6.45, 7) is 6.83. The first-order chi connectivity index (χ1) is 10.6. The van der Waals surface area contributed by atoms with Gasteiger partial charge in [0.1, 0.15) is 0 Å². The zero-order chi connectivity index (χ0) is 15.6. The van der Waals surface area contributed by atoms with E-state index in [4.69, 9.17) is 0 Å². The third kappa shape index (κ3) is 3.18. The summed E-state index contributed by atoms with van der Waals surface area (Å²) in [6.07, 6.45) is 0. The second kappa shape index (κ2) is 6.15. The van der Waals surface area contributed by atoms with Crippen molar-refractivity contribution in [2.75, 3.05) is 0 Å². The normalized spacial score (nSPS) is 11.8. The third-order valence-electron chi connectivity index (χ3n) is 3.89. The molecule has 0 spiro atoms. The molecule has 3 rings (SSSR count). The molecule has 0 unspecified atom stereocenters. The van der Waals surface area contributed by atoms with Gasteiger partial charge in [-0.25, -0.2) is 6.07 Å². The molecule has 0 bridgehead atoms. The van der Waals surface area contributed by atoms with Crippen LogP contribution in [0.15, 0.2) is 78.9 Å². The van der Waals surface area contributed by atoms with Crippen molar-refractivity contribution in [1.82, 2.24) is 0 Å². The minimum Gasteiger partial charge on any atom is -0.209 e.